The molecule has 0 spiro atoms. The van der Waals surface area contributed by atoms with E-state index in [2.05, 4.69) is 27.2 Å². The summed E-state index contributed by atoms with van der Waals surface area (Å²) < 4.78 is 0. The Morgan fingerprint density at radius 2 is 1.86 bits per heavy atom. The maximum Gasteiger partial charge on any atom is 0.131 e. The van der Waals surface area contributed by atoms with Gasteiger partial charge in [0.15, 0.2) is 0 Å². The van der Waals surface area contributed by atoms with Crippen LogP contribution in [0.15, 0.2) is 43.2 Å². The van der Waals surface area contributed by atoms with Crippen LogP contribution in [-0.4, -0.2) is 23.1 Å². The quantitative estimate of drug-likeness (QED) is 0.755. The lowest BCUT2D eigenvalue weighted by Gasteiger charge is -2.08. The van der Waals surface area contributed by atoms with Crippen LogP contribution in [0.1, 0.15) is 5.56 Å². The largest absolute Gasteiger partial charge is 0.370 e. The van der Waals surface area contributed by atoms with Crippen LogP contribution in [0.2, 0.25) is 10.0 Å². The average molecular weight is 323 g/mol. The number of benzene rings is 1. The van der Waals surface area contributed by atoms with Gasteiger partial charge in [-0.15, -0.1) is 6.58 Å². The van der Waals surface area contributed by atoms with E-state index in [-0.39, 0.29) is 0 Å². The molecule has 21 heavy (non-hydrogen) atoms. The van der Waals surface area contributed by atoms with Crippen molar-refractivity contribution in [1.29, 1.82) is 0 Å². The van der Waals surface area contributed by atoms with Crippen LogP contribution in [0.3, 0.4) is 0 Å². The molecule has 1 aromatic carbocycles. The zero-order valence-electron chi connectivity index (χ0n) is 11.4. The van der Waals surface area contributed by atoms with Crippen molar-refractivity contribution in [2.24, 2.45) is 0 Å². The molecule has 2 aromatic rings. The molecule has 1 aromatic heterocycles. The van der Waals surface area contributed by atoms with Crippen molar-refractivity contribution in [3.05, 3.63) is 58.9 Å². The maximum atomic E-state index is 6.14. The zero-order valence-corrected chi connectivity index (χ0v) is 13.0. The number of anilines is 2. The molecule has 6 heteroatoms. The minimum absolute atomic E-state index is 0.644. The third-order valence-corrected chi connectivity index (χ3v) is 3.40. The van der Waals surface area contributed by atoms with Gasteiger partial charge in [0.05, 0.1) is 0 Å². The second-order valence-electron chi connectivity index (χ2n) is 4.37. The first-order valence-electron chi connectivity index (χ1n) is 6.53. The Balaban J connectivity index is 1.89. The molecule has 4 nitrogen and oxygen atoms in total. The van der Waals surface area contributed by atoms with Crippen molar-refractivity contribution in [2.45, 2.75) is 6.42 Å². The Labute approximate surface area is 134 Å². The molecule has 2 N–H and O–H groups in total. The molecule has 0 fully saturated rings. The van der Waals surface area contributed by atoms with Crippen LogP contribution in [-0.2, 0) is 6.42 Å². The van der Waals surface area contributed by atoms with Crippen LogP contribution >= 0.6 is 23.2 Å². The van der Waals surface area contributed by atoms with Gasteiger partial charge in [-0.25, -0.2) is 9.97 Å². The molecule has 0 aliphatic rings. The third kappa shape index (κ3) is 4.92. The fourth-order valence-corrected chi connectivity index (χ4v) is 2.28. The second-order valence-corrected chi connectivity index (χ2v) is 5.21. The summed E-state index contributed by atoms with van der Waals surface area (Å²) in [5.41, 5.74) is 1.05. The van der Waals surface area contributed by atoms with Crippen molar-refractivity contribution in [3.63, 3.8) is 0 Å². The summed E-state index contributed by atoms with van der Waals surface area (Å²) in [6.45, 7) is 5.04. The van der Waals surface area contributed by atoms with Crippen LogP contribution < -0.4 is 10.6 Å². The van der Waals surface area contributed by atoms with E-state index in [0.717, 1.165) is 30.2 Å². The van der Waals surface area contributed by atoms with E-state index in [1.165, 1.54) is 6.33 Å². The highest BCUT2D eigenvalue weighted by Gasteiger charge is 2.02. The second kappa shape index (κ2) is 7.86. The molecule has 0 atom stereocenters. The molecule has 1 heterocycles. The predicted molar refractivity (Wildman–Crippen MR) is 89.4 cm³/mol. The van der Waals surface area contributed by atoms with Gasteiger partial charge < -0.3 is 10.6 Å². The van der Waals surface area contributed by atoms with Gasteiger partial charge in [-0.1, -0.05) is 35.3 Å². The number of rotatable bonds is 7. The first-order chi connectivity index (χ1) is 10.2. The van der Waals surface area contributed by atoms with E-state index >= 15 is 0 Å². The van der Waals surface area contributed by atoms with Crippen LogP contribution in [0, 0.1) is 0 Å². The van der Waals surface area contributed by atoms with Crippen molar-refractivity contribution >= 4 is 34.8 Å². The highest BCUT2D eigenvalue weighted by Crippen LogP contribution is 2.21. The highest BCUT2D eigenvalue weighted by molar-refractivity contribution is 6.35. The first-order valence-corrected chi connectivity index (χ1v) is 7.29. The molecule has 2 rings (SSSR count). The Bertz CT molecular complexity index is 616. The van der Waals surface area contributed by atoms with Gasteiger partial charge >= 0.3 is 0 Å². The van der Waals surface area contributed by atoms with Gasteiger partial charge in [0.1, 0.15) is 18.0 Å². The summed E-state index contributed by atoms with van der Waals surface area (Å²) in [6.07, 6.45) is 4.08. The van der Waals surface area contributed by atoms with E-state index in [9.17, 15) is 0 Å². The number of hydrogen-bond acceptors (Lipinski definition) is 4. The van der Waals surface area contributed by atoms with Crippen LogP contribution in [0.4, 0.5) is 11.6 Å². The minimum Gasteiger partial charge on any atom is -0.370 e. The van der Waals surface area contributed by atoms with E-state index in [1.807, 2.05) is 18.2 Å². The number of aromatic nitrogens is 2. The molecule has 0 unspecified atom stereocenters. The first kappa shape index (κ1) is 15.6. The normalized spacial score (nSPS) is 10.2. The molecular weight excluding hydrogens is 307 g/mol. The Hall–Kier alpha value is -1.78. The summed E-state index contributed by atoms with van der Waals surface area (Å²) in [5.74, 6) is 1.53. The monoisotopic (exact) mass is 322 g/mol. The lowest BCUT2D eigenvalue weighted by atomic mass is 10.1. The van der Waals surface area contributed by atoms with Crippen molar-refractivity contribution in [1.82, 2.24) is 9.97 Å². The third-order valence-electron chi connectivity index (χ3n) is 2.81. The predicted octanol–water partition coefficient (Wildman–Crippen LogP) is 4.04. The number of nitrogens with one attached hydrogen (secondary N) is 2. The lowest BCUT2D eigenvalue weighted by molar-refractivity contribution is 0.999. The van der Waals surface area contributed by atoms with Crippen molar-refractivity contribution < 1.29 is 0 Å². The van der Waals surface area contributed by atoms with Gasteiger partial charge in [-0.05, 0) is 24.1 Å². The molecule has 0 aliphatic carbocycles. The number of nitrogens with zero attached hydrogens (tertiary/aromatic N) is 2. The SMILES string of the molecule is C=CCNc1cc(NCCc2ccc(Cl)cc2Cl)ncn1. The summed E-state index contributed by atoms with van der Waals surface area (Å²) in [4.78, 5) is 8.29. The topological polar surface area (TPSA) is 49.8 Å². The summed E-state index contributed by atoms with van der Waals surface area (Å²) >= 11 is 12.0. The van der Waals surface area contributed by atoms with Crippen molar-refractivity contribution in [2.75, 3.05) is 23.7 Å². The minimum atomic E-state index is 0.644. The van der Waals surface area contributed by atoms with Crippen LogP contribution in [0.5, 0.6) is 0 Å². The van der Waals surface area contributed by atoms with E-state index in [1.54, 1.807) is 12.1 Å². The number of hydrogen-bond donors (Lipinski definition) is 2. The maximum absolute atomic E-state index is 6.14. The van der Waals surface area contributed by atoms with E-state index in [4.69, 9.17) is 23.2 Å². The van der Waals surface area contributed by atoms with Gasteiger partial charge in [0.25, 0.3) is 0 Å². The van der Waals surface area contributed by atoms with Gasteiger partial charge in [0.2, 0.25) is 0 Å². The van der Waals surface area contributed by atoms with Gasteiger partial charge in [-0.2, -0.15) is 0 Å². The smallest absolute Gasteiger partial charge is 0.131 e. The van der Waals surface area contributed by atoms with E-state index in [0.29, 0.717) is 16.6 Å². The lowest BCUT2D eigenvalue weighted by Crippen LogP contribution is -2.08. The number of halogens is 2. The molecule has 0 amide bonds. The molecule has 0 bridgehead atoms. The Morgan fingerprint density at radius 1 is 1.10 bits per heavy atom. The summed E-state index contributed by atoms with van der Waals surface area (Å²) in [5, 5.41) is 7.68. The molecule has 110 valence electrons. The van der Waals surface area contributed by atoms with Crippen molar-refractivity contribution in [3.8, 4) is 0 Å². The summed E-state index contributed by atoms with van der Waals surface area (Å²) in [7, 11) is 0. The van der Waals surface area contributed by atoms with Gasteiger partial charge in [0, 0.05) is 29.2 Å². The molecule has 0 radical (unpaired) electrons. The zero-order chi connectivity index (χ0) is 15.1. The Morgan fingerprint density at radius 3 is 2.57 bits per heavy atom. The summed E-state index contributed by atoms with van der Waals surface area (Å²) in [6, 6.07) is 7.38. The fourth-order valence-electron chi connectivity index (χ4n) is 1.78. The molecule has 0 aliphatic heterocycles. The van der Waals surface area contributed by atoms with Crippen LogP contribution in [0.25, 0.3) is 0 Å². The average Bonchev–Trinajstić information content (AvgIpc) is 2.48. The Kier molecular flexibility index (Phi) is 5.84. The van der Waals surface area contributed by atoms with Gasteiger partial charge in [-0.3, -0.25) is 0 Å². The fraction of sp³-hybridized carbons (Fsp3) is 0.200. The highest BCUT2D eigenvalue weighted by atomic mass is 35.5. The van der Waals surface area contributed by atoms with E-state index < -0.39 is 0 Å². The molecular formula is C15H16Cl2N4. The molecule has 0 saturated heterocycles. The standard InChI is InChI=1S/C15H16Cl2N4/c1-2-6-18-14-9-15(21-10-20-14)19-7-5-11-3-4-12(16)8-13(11)17/h2-4,8-10H,1,5-7H2,(H2,18,19,20,21). The molecule has 0 saturated carbocycles.